The molecule has 0 N–H and O–H groups in total. The molecule has 0 atom stereocenters. The molecule has 0 aliphatic rings. The fourth-order valence-electron chi connectivity index (χ4n) is 3.09. The summed E-state index contributed by atoms with van der Waals surface area (Å²) in [5.41, 5.74) is 1.98. The second-order valence-electron chi connectivity index (χ2n) is 6.79. The summed E-state index contributed by atoms with van der Waals surface area (Å²) < 4.78 is 15.9. The molecular weight excluding hydrogens is 394 g/mol. The Labute approximate surface area is 182 Å². The standard InChI is InChI=1S/C25H25NO5/c1-4-26(17-18-9-11-20(12-10-18)25(28)30-3)24(27)19-13-15-21(16-14-19)31-23-8-6-5-7-22(23)29-2/h5-16H,4,17H2,1-3H3. The fraction of sp³-hybridized carbons (Fsp3) is 0.200. The minimum Gasteiger partial charge on any atom is -0.493 e. The number of ether oxygens (including phenoxy) is 3. The molecule has 6 nitrogen and oxygen atoms in total. The highest BCUT2D eigenvalue weighted by atomic mass is 16.5. The topological polar surface area (TPSA) is 65.1 Å². The van der Waals surface area contributed by atoms with Gasteiger partial charge in [-0.05, 0) is 61.0 Å². The number of amides is 1. The Morgan fingerprint density at radius 1 is 0.806 bits per heavy atom. The zero-order valence-electron chi connectivity index (χ0n) is 17.8. The fourth-order valence-corrected chi connectivity index (χ4v) is 3.09. The molecule has 1 amide bonds. The van der Waals surface area contributed by atoms with Crippen LogP contribution >= 0.6 is 0 Å². The van der Waals surface area contributed by atoms with Gasteiger partial charge in [0.2, 0.25) is 0 Å². The van der Waals surface area contributed by atoms with Crippen LogP contribution in [0.1, 0.15) is 33.2 Å². The Hall–Kier alpha value is -3.80. The van der Waals surface area contributed by atoms with E-state index in [-0.39, 0.29) is 11.9 Å². The minimum absolute atomic E-state index is 0.0802. The van der Waals surface area contributed by atoms with Gasteiger partial charge in [0, 0.05) is 18.7 Å². The van der Waals surface area contributed by atoms with Gasteiger partial charge in [-0.3, -0.25) is 4.79 Å². The van der Waals surface area contributed by atoms with E-state index < -0.39 is 0 Å². The number of hydrogen-bond acceptors (Lipinski definition) is 5. The van der Waals surface area contributed by atoms with Crippen molar-refractivity contribution in [3.05, 3.63) is 89.5 Å². The van der Waals surface area contributed by atoms with Gasteiger partial charge in [-0.2, -0.15) is 0 Å². The smallest absolute Gasteiger partial charge is 0.337 e. The monoisotopic (exact) mass is 419 g/mol. The molecule has 0 unspecified atom stereocenters. The van der Waals surface area contributed by atoms with E-state index in [1.807, 2.05) is 43.3 Å². The van der Waals surface area contributed by atoms with Gasteiger partial charge in [-0.25, -0.2) is 4.79 Å². The van der Waals surface area contributed by atoms with Crippen molar-refractivity contribution in [1.29, 1.82) is 0 Å². The Morgan fingerprint density at radius 3 is 2.00 bits per heavy atom. The molecule has 160 valence electrons. The van der Waals surface area contributed by atoms with Gasteiger partial charge in [0.05, 0.1) is 19.8 Å². The summed E-state index contributed by atoms with van der Waals surface area (Å²) in [6.45, 7) is 2.92. The Kier molecular flexibility index (Phi) is 7.27. The van der Waals surface area contributed by atoms with Crippen LogP contribution in [-0.4, -0.2) is 37.5 Å². The van der Waals surface area contributed by atoms with Gasteiger partial charge in [0.15, 0.2) is 11.5 Å². The molecule has 3 aromatic rings. The first-order chi connectivity index (χ1) is 15.0. The number of carbonyl (C=O) groups excluding carboxylic acids is 2. The van der Waals surface area contributed by atoms with Crippen molar-refractivity contribution < 1.29 is 23.8 Å². The number of esters is 1. The average molecular weight is 419 g/mol. The normalized spacial score (nSPS) is 10.3. The van der Waals surface area contributed by atoms with Crippen molar-refractivity contribution >= 4 is 11.9 Å². The quantitative estimate of drug-likeness (QED) is 0.484. The number of rotatable bonds is 8. The zero-order valence-corrected chi connectivity index (χ0v) is 17.8. The van der Waals surface area contributed by atoms with Gasteiger partial charge >= 0.3 is 5.97 Å². The molecule has 0 spiro atoms. The maximum Gasteiger partial charge on any atom is 0.337 e. The summed E-state index contributed by atoms with van der Waals surface area (Å²) in [6.07, 6.45) is 0. The average Bonchev–Trinajstić information content (AvgIpc) is 2.82. The Balaban J connectivity index is 1.68. The number of methoxy groups -OCH3 is 2. The molecule has 6 heteroatoms. The summed E-state index contributed by atoms with van der Waals surface area (Å²) >= 11 is 0. The molecule has 0 aromatic heterocycles. The Morgan fingerprint density at radius 2 is 1.42 bits per heavy atom. The van der Waals surface area contributed by atoms with Crippen molar-refractivity contribution in [3.63, 3.8) is 0 Å². The number of carbonyl (C=O) groups is 2. The molecule has 0 saturated heterocycles. The summed E-state index contributed by atoms with van der Waals surface area (Å²) in [4.78, 5) is 26.3. The minimum atomic E-state index is -0.384. The van der Waals surface area contributed by atoms with Crippen LogP contribution in [0.15, 0.2) is 72.8 Å². The van der Waals surface area contributed by atoms with E-state index in [9.17, 15) is 9.59 Å². The molecule has 0 radical (unpaired) electrons. The van der Waals surface area contributed by atoms with Gasteiger partial charge in [-0.1, -0.05) is 24.3 Å². The molecule has 0 bridgehead atoms. The van der Waals surface area contributed by atoms with Gasteiger partial charge < -0.3 is 19.1 Å². The van der Waals surface area contributed by atoms with E-state index >= 15 is 0 Å². The lowest BCUT2D eigenvalue weighted by atomic mass is 10.1. The third-order valence-electron chi connectivity index (χ3n) is 4.82. The van der Waals surface area contributed by atoms with Crippen molar-refractivity contribution in [2.24, 2.45) is 0 Å². The highest BCUT2D eigenvalue weighted by molar-refractivity contribution is 5.94. The van der Waals surface area contributed by atoms with Gasteiger partial charge in [-0.15, -0.1) is 0 Å². The second kappa shape index (κ2) is 10.3. The predicted molar refractivity (Wildman–Crippen MR) is 118 cm³/mol. The Bertz CT molecular complexity index is 1030. The summed E-state index contributed by atoms with van der Waals surface area (Å²) in [5.74, 6) is 1.39. The first-order valence-corrected chi connectivity index (χ1v) is 9.93. The van der Waals surface area contributed by atoms with Crippen LogP contribution in [0.2, 0.25) is 0 Å². The highest BCUT2D eigenvalue weighted by Gasteiger charge is 2.15. The third-order valence-corrected chi connectivity index (χ3v) is 4.82. The third kappa shape index (κ3) is 5.42. The van der Waals surface area contributed by atoms with E-state index in [0.717, 1.165) is 5.56 Å². The number of benzene rings is 3. The van der Waals surface area contributed by atoms with E-state index in [4.69, 9.17) is 14.2 Å². The second-order valence-corrected chi connectivity index (χ2v) is 6.79. The largest absolute Gasteiger partial charge is 0.493 e. The van der Waals surface area contributed by atoms with Crippen molar-refractivity contribution in [3.8, 4) is 17.2 Å². The molecule has 3 rings (SSSR count). The van der Waals surface area contributed by atoms with E-state index in [2.05, 4.69) is 0 Å². The molecule has 0 fully saturated rings. The van der Waals surface area contributed by atoms with Crippen LogP contribution in [0.4, 0.5) is 0 Å². The maximum absolute atomic E-state index is 13.0. The van der Waals surface area contributed by atoms with Crippen LogP contribution < -0.4 is 9.47 Å². The van der Waals surface area contributed by atoms with Crippen LogP contribution in [0.25, 0.3) is 0 Å². The van der Waals surface area contributed by atoms with Crippen LogP contribution in [0, 0.1) is 0 Å². The van der Waals surface area contributed by atoms with Gasteiger partial charge in [0.25, 0.3) is 5.91 Å². The van der Waals surface area contributed by atoms with Crippen LogP contribution in [0.3, 0.4) is 0 Å². The van der Waals surface area contributed by atoms with E-state index in [1.54, 1.807) is 48.4 Å². The molecule has 3 aromatic carbocycles. The SMILES string of the molecule is CCN(Cc1ccc(C(=O)OC)cc1)C(=O)c1ccc(Oc2ccccc2OC)cc1. The maximum atomic E-state index is 13.0. The molecule has 0 aliphatic carbocycles. The molecular formula is C25H25NO5. The lowest BCUT2D eigenvalue weighted by Gasteiger charge is -2.21. The number of hydrogen-bond donors (Lipinski definition) is 0. The molecule has 0 saturated carbocycles. The van der Waals surface area contributed by atoms with Crippen molar-refractivity contribution in [2.75, 3.05) is 20.8 Å². The van der Waals surface area contributed by atoms with Crippen molar-refractivity contribution in [2.45, 2.75) is 13.5 Å². The molecule has 0 aliphatic heterocycles. The van der Waals surface area contributed by atoms with Crippen molar-refractivity contribution in [1.82, 2.24) is 4.90 Å². The van der Waals surface area contributed by atoms with E-state index in [1.165, 1.54) is 7.11 Å². The number of nitrogens with zero attached hydrogens (tertiary/aromatic N) is 1. The molecule has 0 heterocycles. The molecule has 31 heavy (non-hydrogen) atoms. The van der Waals surface area contributed by atoms with Crippen LogP contribution in [0.5, 0.6) is 17.2 Å². The first-order valence-electron chi connectivity index (χ1n) is 9.93. The highest BCUT2D eigenvalue weighted by Crippen LogP contribution is 2.31. The van der Waals surface area contributed by atoms with Crippen LogP contribution in [-0.2, 0) is 11.3 Å². The number of para-hydroxylation sites is 2. The summed E-state index contributed by atoms with van der Waals surface area (Å²) in [7, 11) is 2.94. The summed E-state index contributed by atoms with van der Waals surface area (Å²) in [5, 5.41) is 0. The lowest BCUT2D eigenvalue weighted by molar-refractivity contribution is 0.0600. The first kappa shape index (κ1) is 21.9. The summed E-state index contributed by atoms with van der Waals surface area (Å²) in [6, 6.07) is 21.4. The zero-order chi connectivity index (χ0) is 22.2. The lowest BCUT2D eigenvalue weighted by Crippen LogP contribution is -2.30. The predicted octanol–water partition coefficient (Wildman–Crippen LogP) is 4.94. The van der Waals surface area contributed by atoms with E-state index in [0.29, 0.717) is 41.5 Å². The van der Waals surface area contributed by atoms with Gasteiger partial charge in [0.1, 0.15) is 5.75 Å².